The van der Waals surface area contributed by atoms with Crippen LogP contribution in [0, 0.1) is 21.7 Å². The van der Waals surface area contributed by atoms with Crippen molar-refractivity contribution in [1.82, 2.24) is 9.97 Å². The molecule has 0 radical (unpaired) electrons. The molecule has 0 aliphatic carbocycles. The second-order valence-corrected chi connectivity index (χ2v) is 3.47. The van der Waals surface area contributed by atoms with Crippen molar-refractivity contribution in [2.24, 2.45) is 5.73 Å². The topological polar surface area (TPSA) is 97.8 Å². The van der Waals surface area contributed by atoms with E-state index in [2.05, 4.69) is 9.97 Å². The zero-order chi connectivity index (χ0) is 13.3. The molecule has 0 saturated carbocycles. The fraction of sp³-hybridized carbons (Fsp3) is 0.100. The van der Waals surface area contributed by atoms with Gasteiger partial charge in [-0.1, -0.05) is 0 Å². The van der Waals surface area contributed by atoms with Crippen molar-refractivity contribution in [1.29, 1.82) is 0 Å². The molecule has 6 nitrogen and oxygen atoms in total. The fourth-order valence-corrected chi connectivity index (χ4v) is 1.49. The third kappa shape index (κ3) is 1.93. The van der Waals surface area contributed by atoms with Gasteiger partial charge in [-0.25, -0.2) is 9.37 Å². The first kappa shape index (κ1) is 12.1. The van der Waals surface area contributed by atoms with Crippen LogP contribution in [-0.4, -0.2) is 14.9 Å². The number of halogens is 2. The van der Waals surface area contributed by atoms with Crippen molar-refractivity contribution in [3.8, 4) is 11.4 Å². The molecule has 0 spiro atoms. The molecule has 0 unspecified atom stereocenters. The van der Waals surface area contributed by atoms with Crippen LogP contribution in [0.3, 0.4) is 0 Å². The average molecular weight is 254 g/mol. The summed E-state index contributed by atoms with van der Waals surface area (Å²) in [5.41, 5.74) is 4.42. The first-order valence-corrected chi connectivity index (χ1v) is 4.91. The van der Waals surface area contributed by atoms with E-state index in [1.165, 1.54) is 6.20 Å². The highest BCUT2D eigenvalue weighted by Gasteiger charge is 2.24. The van der Waals surface area contributed by atoms with Crippen LogP contribution in [0.5, 0.6) is 0 Å². The van der Waals surface area contributed by atoms with Crippen molar-refractivity contribution in [3.63, 3.8) is 0 Å². The van der Waals surface area contributed by atoms with E-state index >= 15 is 0 Å². The first-order valence-electron chi connectivity index (χ1n) is 4.91. The summed E-state index contributed by atoms with van der Waals surface area (Å²) in [5, 5.41) is 10.6. The molecular weight excluding hydrogens is 246 g/mol. The smallest absolute Gasteiger partial charge is 0.305 e. The van der Waals surface area contributed by atoms with Crippen LogP contribution in [-0.2, 0) is 6.54 Å². The van der Waals surface area contributed by atoms with Crippen LogP contribution in [0.4, 0.5) is 14.5 Å². The largest absolute Gasteiger partial charge is 0.341 e. The number of nitrogens with one attached hydrogen (secondary N) is 1. The van der Waals surface area contributed by atoms with Gasteiger partial charge in [0, 0.05) is 24.5 Å². The molecule has 0 atom stereocenters. The SMILES string of the molecule is NCc1cnc(-c2c(F)ccc([N+](=O)[O-])c2F)[nH]1. The summed E-state index contributed by atoms with van der Waals surface area (Å²) in [7, 11) is 0. The maximum atomic E-state index is 13.8. The maximum absolute atomic E-state index is 13.8. The van der Waals surface area contributed by atoms with E-state index in [0.29, 0.717) is 5.69 Å². The van der Waals surface area contributed by atoms with Crippen molar-refractivity contribution < 1.29 is 13.7 Å². The van der Waals surface area contributed by atoms with Crippen LogP contribution in [0.25, 0.3) is 11.4 Å². The summed E-state index contributed by atoms with van der Waals surface area (Å²) in [5.74, 6) is -2.33. The van der Waals surface area contributed by atoms with E-state index in [-0.39, 0.29) is 12.4 Å². The number of nitro groups is 1. The molecule has 2 aromatic rings. The van der Waals surface area contributed by atoms with E-state index in [1.54, 1.807) is 0 Å². The monoisotopic (exact) mass is 254 g/mol. The lowest BCUT2D eigenvalue weighted by atomic mass is 10.1. The Bertz CT molecular complexity index is 612. The molecule has 2 rings (SSSR count). The van der Waals surface area contributed by atoms with Gasteiger partial charge in [-0.3, -0.25) is 10.1 Å². The van der Waals surface area contributed by atoms with Crippen molar-refractivity contribution >= 4 is 5.69 Å². The zero-order valence-corrected chi connectivity index (χ0v) is 8.98. The Labute approximate surface area is 99.6 Å². The number of imidazole rings is 1. The van der Waals surface area contributed by atoms with Gasteiger partial charge in [0.05, 0.1) is 10.5 Å². The average Bonchev–Trinajstić information content (AvgIpc) is 2.77. The predicted octanol–water partition coefficient (Wildman–Crippen LogP) is 1.72. The Balaban J connectivity index is 2.62. The minimum absolute atomic E-state index is 0.116. The minimum Gasteiger partial charge on any atom is -0.341 e. The normalized spacial score (nSPS) is 10.6. The molecule has 0 aliphatic heterocycles. The molecule has 3 N–H and O–H groups in total. The number of rotatable bonds is 3. The van der Waals surface area contributed by atoms with Gasteiger partial charge in [-0.15, -0.1) is 0 Å². The number of H-pyrrole nitrogens is 1. The van der Waals surface area contributed by atoms with E-state index < -0.39 is 27.8 Å². The highest BCUT2D eigenvalue weighted by molar-refractivity contribution is 5.61. The quantitative estimate of drug-likeness (QED) is 0.643. The molecule has 0 bridgehead atoms. The summed E-state index contributed by atoms with van der Waals surface area (Å²) in [6.07, 6.45) is 1.31. The van der Waals surface area contributed by atoms with E-state index in [1.807, 2.05) is 0 Å². The Kier molecular flexibility index (Phi) is 3.02. The number of benzene rings is 1. The summed E-state index contributed by atoms with van der Waals surface area (Å²) >= 11 is 0. The molecule has 1 heterocycles. The van der Waals surface area contributed by atoms with Crippen LogP contribution in [0.15, 0.2) is 18.3 Å². The summed E-state index contributed by atoms with van der Waals surface area (Å²) < 4.78 is 27.3. The number of nitro benzene ring substituents is 1. The molecule has 0 fully saturated rings. The second kappa shape index (κ2) is 4.49. The van der Waals surface area contributed by atoms with Gasteiger partial charge in [0.1, 0.15) is 11.6 Å². The third-order valence-electron chi connectivity index (χ3n) is 2.35. The Morgan fingerprint density at radius 3 is 2.72 bits per heavy atom. The van der Waals surface area contributed by atoms with Gasteiger partial charge < -0.3 is 10.7 Å². The number of aromatic amines is 1. The Morgan fingerprint density at radius 1 is 1.44 bits per heavy atom. The molecule has 18 heavy (non-hydrogen) atoms. The van der Waals surface area contributed by atoms with Crippen LogP contribution >= 0.6 is 0 Å². The first-order chi connectivity index (χ1) is 8.54. The lowest BCUT2D eigenvalue weighted by molar-refractivity contribution is -0.387. The molecule has 0 amide bonds. The van der Waals surface area contributed by atoms with Gasteiger partial charge in [-0.05, 0) is 6.07 Å². The number of nitrogens with two attached hydrogens (primary N) is 1. The number of hydrogen-bond donors (Lipinski definition) is 2. The number of nitrogens with zero attached hydrogens (tertiary/aromatic N) is 2. The number of aromatic nitrogens is 2. The highest BCUT2D eigenvalue weighted by Crippen LogP contribution is 2.29. The molecule has 0 saturated heterocycles. The van der Waals surface area contributed by atoms with E-state index in [4.69, 9.17) is 5.73 Å². The van der Waals surface area contributed by atoms with Crippen molar-refractivity contribution in [2.45, 2.75) is 6.54 Å². The summed E-state index contributed by atoms with van der Waals surface area (Å²) in [6.45, 7) is 0.116. The van der Waals surface area contributed by atoms with Crippen LogP contribution in [0.2, 0.25) is 0 Å². The molecule has 94 valence electrons. The highest BCUT2D eigenvalue weighted by atomic mass is 19.1. The van der Waals surface area contributed by atoms with Gasteiger partial charge in [0.15, 0.2) is 0 Å². The lowest BCUT2D eigenvalue weighted by Crippen LogP contribution is -1.99. The number of hydrogen-bond acceptors (Lipinski definition) is 4. The van der Waals surface area contributed by atoms with Gasteiger partial charge in [0.2, 0.25) is 5.82 Å². The predicted molar refractivity (Wildman–Crippen MR) is 58.5 cm³/mol. The molecule has 0 aliphatic rings. The van der Waals surface area contributed by atoms with Crippen molar-refractivity contribution in [3.05, 3.63) is 45.8 Å². The van der Waals surface area contributed by atoms with Gasteiger partial charge >= 0.3 is 5.69 Å². The minimum atomic E-state index is -1.27. The Hall–Kier alpha value is -2.35. The van der Waals surface area contributed by atoms with Crippen LogP contribution in [0.1, 0.15) is 5.69 Å². The summed E-state index contributed by atoms with van der Waals surface area (Å²) in [6, 6.07) is 1.59. The summed E-state index contributed by atoms with van der Waals surface area (Å²) in [4.78, 5) is 16.0. The van der Waals surface area contributed by atoms with Gasteiger partial charge in [0.25, 0.3) is 0 Å². The van der Waals surface area contributed by atoms with Gasteiger partial charge in [-0.2, -0.15) is 4.39 Å². The fourth-order valence-electron chi connectivity index (χ4n) is 1.49. The lowest BCUT2D eigenvalue weighted by Gasteiger charge is -2.02. The molecular formula is C10H8F2N4O2. The second-order valence-electron chi connectivity index (χ2n) is 3.47. The van der Waals surface area contributed by atoms with E-state index in [0.717, 1.165) is 12.1 Å². The zero-order valence-electron chi connectivity index (χ0n) is 8.98. The molecule has 1 aromatic carbocycles. The third-order valence-corrected chi connectivity index (χ3v) is 2.35. The molecule has 8 heteroatoms. The van der Waals surface area contributed by atoms with E-state index in [9.17, 15) is 18.9 Å². The Morgan fingerprint density at radius 2 is 2.17 bits per heavy atom. The molecule has 1 aromatic heterocycles. The van der Waals surface area contributed by atoms with Crippen LogP contribution < -0.4 is 5.73 Å². The standard InChI is InChI=1S/C10H8F2N4O2/c11-6-1-2-7(16(17)18)9(12)8(6)10-14-4-5(3-13)15-10/h1-2,4H,3,13H2,(H,14,15). The maximum Gasteiger partial charge on any atom is 0.305 e. The van der Waals surface area contributed by atoms with Crippen molar-refractivity contribution in [2.75, 3.05) is 0 Å².